The van der Waals surface area contributed by atoms with Gasteiger partial charge in [-0.1, -0.05) is 25.4 Å². The Bertz CT molecular complexity index is 447. The van der Waals surface area contributed by atoms with Crippen molar-refractivity contribution in [2.24, 2.45) is 10.9 Å². The predicted octanol–water partition coefficient (Wildman–Crippen LogP) is 3.51. The van der Waals surface area contributed by atoms with Crippen molar-refractivity contribution in [1.82, 2.24) is 0 Å². The molecule has 3 nitrogen and oxygen atoms in total. The van der Waals surface area contributed by atoms with Gasteiger partial charge in [0, 0.05) is 6.54 Å². The molecule has 0 spiro atoms. The highest BCUT2D eigenvalue weighted by molar-refractivity contribution is 6.32. The van der Waals surface area contributed by atoms with Crippen molar-refractivity contribution in [3.05, 3.63) is 22.7 Å². The Morgan fingerprint density at radius 1 is 1.44 bits per heavy atom. The molecule has 1 heterocycles. The molecule has 0 radical (unpaired) electrons. The Kier molecular flexibility index (Phi) is 5.29. The summed E-state index contributed by atoms with van der Waals surface area (Å²) in [4.78, 5) is 6.08. The molecular formula is C13H18Cl2N2O. The third-order valence-corrected chi connectivity index (χ3v) is 3.04. The summed E-state index contributed by atoms with van der Waals surface area (Å²) in [6.45, 7) is 5.90. The number of aromatic hydroxyl groups is 1. The van der Waals surface area contributed by atoms with Gasteiger partial charge < -0.3 is 10.0 Å². The van der Waals surface area contributed by atoms with E-state index in [0.717, 1.165) is 30.8 Å². The van der Waals surface area contributed by atoms with Crippen molar-refractivity contribution >= 4 is 36.0 Å². The molecule has 0 aromatic heterocycles. The molecular weight excluding hydrogens is 271 g/mol. The number of rotatable bonds is 3. The summed E-state index contributed by atoms with van der Waals surface area (Å²) in [6.07, 6.45) is 2.71. The zero-order chi connectivity index (χ0) is 12.4. The number of phenolic OH excluding ortho intramolecular Hbond substituents is 1. The lowest BCUT2D eigenvalue weighted by Gasteiger charge is -2.18. The molecule has 18 heavy (non-hydrogen) atoms. The first kappa shape index (κ1) is 15.1. The average Bonchev–Trinajstić information content (AvgIpc) is 2.75. The van der Waals surface area contributed by atoms with Crippen molar-refractivity contribution < 1.29 is 5.11 Å². The van der Waals surface area contributed by atoms with Crippen LogP contribution >= 0.6 is 24.0 Å². The molecule has 100 valence electrons. The van der Waals surface area contributed by atoms with Crippen LogP contribution in [-0.4, -0.2) is 24.5 Å². The Labute approximate surface area is 119 Å². The minimum atomic E-state index is 0. The Morgan fingerprint density at radius 2 is 2.17 bits per heavy atom. The highest BCUT2D eigenvalue weighted by Crippen LogP contribution is 2.36. The summed E-state index contributed by atoms with van der Waals surface area (Å²) in [5.41, 5.74) is 1.91. The molecule has 1 aliphatic heterocycles. The summed E-state index contributed by atoms with van der Waals surface area (Å²) in [5, 5.41) is 10.4. The van der Waals surface area contributed by atoms with E-state index in [2.05, 4.69) is 18.8 Å². The highest BCUT2D eigenvalue weighted by atomic mass is 35.5. The average molecular weight is 289 g/mol. The van der Waals surface area contributed by atoms with Gasteiger partial charge in [0.15, 0.2) is 5.75 Å². The van der Waals surface area contributed by atoms with Crippen LogP contribution in [0, 0.1) is 5.92 Å². The maximum Gasteiger partial charge on any atom is 0.157 e. The number of halogens is 2. The molecule has 1 aromatic rings. The standard InChI is InChI=1S/C13H17ClN2O.ClH/c1-9(2)5-10-6-11(14)13(17)12(7-10)16-4-3-15-8-16;/h6-9,17H,3-5H2,1-2H3;1H. The van der Waals surface area contributed by atoms with E-state index in [1.165, 1.54) is 0 Å². The third-order valence-electron chi connectivity index (χ3n) is 2.75. The molecule has 0 unspecified atom stereocenters. The number of hydrogen-bond donors (Lipinski definition) is 1. The Hall–Kier alpha value is -0.930. The maximum absolute atomic E-state index is 9.98. The lowest BCUT2D eigenvalue weighted by atomic mass is 10.0. The van der Waals surface area contributed by atoms with Gasteiger partial charge in [0.25, 0.3) is 0 Å². The minimum Gasteiger partial charge on any atom is -0.504 e. The molecule has 0 fully saturated rings. The van der Waals surface area contributed by atoms with E-state index < -0.39 is 0 Å². The van der Waals surface area contributed by atoms with Crippen molar-refractivity contribution in [3.63, 3.8) is 0 Å². The molecule has 1 aromatic carbocycles. The first-order valence-electron chi connectivity index (χ1n) is 5.86. The third kappa shape index (κ3) is 3.30. The molecule has 0 saturated carbocycles. The van der Waals surface area contributed by atoms with Gasteiger partial charge >= 0.3 is 0 Å². The molecule has 1 N–H and O–H groups in total. The van der Waals surface area contributed by atoms with E-state index in [1.54, 1.807) is 6.34 Å². The van der Waals surface area contributed by atoms with Crippen molar-refractivity contribution in [2.45, 2.75) is 20.3 Å². The van der Waals surface area contributed by atoms with E-state index in [-0.39, 0.29) is 18.2 Å². The summed E-state index contributed by atoms with van der Waals surface area (Å²) >= 11 is 6.06. The van der Waals surface area contributed by atoms with Crippen molar-refractivity contribution in [3.8, 4) is 5.75 Å². The molecule has 2 rings (SSSR count). The van der Waals surface area contributed by atoms with Crippen molar-refractivity contribution in [2.75, 3.05) is 18.0 Å². The van der Waals surface area contributed by atoms with Gasteiger partial charge in [-0.3, -0.25) is 4.99 Å². The lowest BCUT2D eigenvalue weighted by molar-refractivity contribution is 0.476. The summed E-state index contributed by atoms with van der Waals surface area (Å²) in [6, 6.07) is 3.84. The van der Waals surface area contributed by atoms with E-state index in [9.17, 15) is 5.11 Å². The Morgan fingerprint density at radius 3 is 2.72 bits per heavy atom. The fourth-order valence-corrected chi connectivity index (χ4v) is 2.25. The van der Waals surface area contributed by atoms with E-state index in [4.69, 9.17) is 11.6 Å². The number of anilines is 1. The molecule has 1 aliphatic rings. The topological polar surface area (TPSA) is 35.8 Å². The van der Waals surface area contributed by atoms with Gasteiger partial charge in [0.1, 0.15) is 0 Å². The number of nitrogens with zero attached hydrogens (tertiary/aromatic N) is 2. The van der Waals surface area contributed by atoms with E-state index in [0.29, 0.717) is 10.9 Å². The van der Waals surface area contributed by atoms with Gasteiger partial charge in [0.05, 0.1) is 23.6 Å². The molecule has 0 aliphatic carbocycles. The van der Waals surface area contributed by atoms with Gasteiger partial charge in [-0.05, 0) is 30.0 Å². The normalized spacial score (nSPS) is 14.1. The van der Waals surface area contributed by atoms with Crippen LogP contribution in [0.25, 0.3) is 0 Å². The van der Waals surface area contributed by atoms with Crippen molar-refractivity contribution in [1.29, 1.82) is 0 Å². The predicted molar refractivity (Wildman–Crippen MR) is 79.6 cm³/mol. The van der Waals surface area contributed by atoms with E-state index >= 15 is 0 Å². The summed E-state index contributed by atoms with van der Waals surface area (Å²) in [5.74, 6) is 0.711. The minimum absolute atomic E-state index is 0. The molecule has 0 bridgehead atoms. The van der Waals surface area contributed by atoms with Crippen LogP contribution < -0.4 is 4.90 Å². The van der Waals surface area contributed by atoms with Crippen LogP contribution in [0.3, 0.4) is 0 Å². The van der Waals surface area contributed by atoms with Gasteiger partial charge in [-0.2, -0.15) is 0 Å². The second-order valence-corrected chi connectivity index (χ2v) is 5.17. The first-order chi connectivity index (χ1) is 8.08. The van der Waals surface area contributed by atoms with Gasteiger partial charge in [-0.25, -0.2) is 0 Å². The second-order valence-electron chi connectivity index (χ2n) is 4.76. The number of benzene rings is 1. The maximum atomic E-state index is 9.98. The van der Waals surface area contributed by atoms with Crippen LogP contribution in [0.2, 0.25) is 5.02 Å². The Balaban J connectivity index is 0.00000162. The highest BCUT2D eigenvalue weighted by Gasteiger charge is 2.16. The lowest BCUT2D eigenvalue weighted by Crippen LogP contribution is -2.18. The zero-order valence-electron chi connectivity index (χ0n) is 10.6. The number of aliphatic imine (C=N–C) groups is 1. The summed E-state index contributed by atoms with van der Waals surface area (Å²) < 4.78 is 0. The molecule has 5 heteroatoms. The van der Waals surface area contributed by atoms with Gasteiger partial charge in [-0.15, -0.1) is 12.4 Å². The smallest absolute Gasteiger partial charge is 0.157 e. The number of phenols is 1. The number of hydrogen-bond acceptors (Lipinski definition) is 3. The van der Waals surface area contributed by atoms with Crippen LogP contribution in [-0.2, 0) is 6.42 Å². The first-order valence-corrected chi connectivity index (χ1v) is 6.23. The SMILES string of the molecule is CC(C)Cc1cc(Cl)c(O)c(N2C=NCC2)c1.Cl. The fourth-order valence-electron chi connectivity index (χ4n) is 2.01. The monoisotopic (exact) mass is 288 g/mol. The van der Waals surface area contributed by atoms with Gasteiger partial charge in [0.2, 0.25) is 0 Å². The van der Waals surface area contributed by atoms with E-state index in [1.807, 2.05) is 17.0 Å². The molecule has 0 atom stereocenters. The van der Waals surface area contributed by atoms with Crippen LogP contribution in [0.5, 0.6) is 5.75 Å². The quantitative estimate of drug-likeness (QED) is 0.924. The van der Waals surface area contributed by atoms with Crippen LogP contribution in [0.15, 0.2) is 17.1 Å². The fraction of sp³-hybridized carbons (Fsp3) is 0.462. The van der Waals surface area contributed by atoms with Crippen LogP contribution in [0.4, 0.5) is 5.69 Å². The summed E-state index contributed by atoms with van der Waals surface area (Å²) in [7, 11) is 0. The zero-order valence-corrected chi connectivity index (χ0v) is 12.1. The molecule has 0 saturated heterocycles. The largest absolute Gasteiger partial charge is 0.504 e. The second kappa shape index (κ2) is 6.30. The van der Waals surface area contributed by atoms with Crippen LogP contribution in [0.1, 0.15) is 19.4 Å². The molecule has 0 amide bonds.